The van der Waals surface area contributed by atoms with Crippen molar-refractivity contribution in [2.45, 2.75) is 6.42 Å². The maximum atomic E-state index is 13.0. The van der Waals surface area contributed by atoms with E-state index in [9.17, 15) is 13.6 Å². The summed E-state index contributed by atoms with van der Waals surface area (Å²) in [6.07, 6.45) is -0.0119. The van der Waals surface area contributed by atoms with Crippen LogP contribution in [0.2, 0.25) is 0 Å². The lowest BCUT2D eigenvalue weighted by molar-refractivity contribution is 0.0993. The SMILES string of the molecule is O=C(Cc1ccc(F)c(F)c1)c1ccc(O)cc1. The summed E-state index contributed by atoms with van der Waals surface area (Å²) in [5.41, 5.74) is 0.824. The van der Waals surface area contributed by atoms with Crippen molar-refractivity contribution in [2.75, 3.05) is 0 Å². The second kappa shape index (κ2) is 4.96. The molecule has 1 N–H and O–H groups in total. The summed E-state index contributed by atoms with van der Waals surface area (Å²) in [7, 11) is 0. The molecule has 2 nitrogen and oxygen atoms in total. The van der Waals surface area contributed by atoms with Gasteiger partial charge in [-0.2, -0.15) is 0 Å². The molecule has 0 amide bonds. The highest BCUT2D eigenvalue weighted by atomic mass is 19.2. The van der Waals surface area contributed by atoms with Gasteiger partial charge in [-0.3, -0.25) is 4.79 Å². The molecule has 0 fully saturated rings. The first-order valence-corrected chi connectivity index (χ1v) is 5.32. The summed E-state index contributed by atoms with van der Waals surface area (Å²) in [5, 5.41) is 9.09. The molecular weight excluding hydrogens is 238 g/mol. The van der Waals surface area contributed by atoms with Crippen molar-refractivity contribution in [2.24, 2.45) is 0 Å². The van der Waals surface area contributed by atoms with E-state index < -0.39 is 11.6 Å². The molecule has 0 radical (unpaired) electrons. The van der Waals surface area contributed by atoms with Crippen molar-refractivity contribution in [1.29, 1.82) is 0 Å². The molecule has 0 atom stereocenters. The summed E-state index contributed by atoms with van der Waals surface area (Å²) in [4.78, 5) is 11.8. The van der Waals surface area contributed by atoms with Crippen LogP contribution in [0.4, 0.5) is 8.78 Å². The third-order valence-corrected chi connectivity index (χ3v) is 2.54. The Bertz CT molecular complexity index is 577. The molecule has 2 aromatic carbocycles. The lowest BCUT2D eigenvalue weighted by atomic mass is 10.0. The number of aromatic hydroxyl groups is 1. The molecule has 92 valence electrons. The molecule has 0 saturated carbocycles. The number of phenolic OH excluding ortho intramolecular Hbond substituents is 1. The van der Waals surface area contributed by atoms with Crippen LogP contribution in [0.25, 0.3) is 0 Å². The van der Waals surface area contributed by atoms with Gasteiger partial charge in [0.2, 0.25) is 0 Å². The number of Topliss-reactive ketones (excluding diaryl/α,β-unsaturated/α-hetero) is 1. The summed E-state index contributed by atoms with van der Waals surface area (Å²) in [6, 6.07) is 9.14. The molecule has 2 aromatic rings. The Kier molecular flexibility index (Phi) is 3.37. The zero-order chi connectivity index (χ0) is 13.1. The topological polar surface area (TPSA) is 37.3 Å². The minimum atomic E-state index is -0.967. The van der Waals surface area contributed by atoms with E-state index in [0.29, 0.717) is 11.1 Å². The number of benzene rings is 2. The molecule has 0 saturated heterocycles. The lowest BCUT2D eigenvalue weighted by Crippen LogP contribution is -2.03. The fraction of sp³-hybridized carbons (Fsp3) is 0.0714. The third kappa shape index (κ3) is 2.71. The highest BCUT2D eigenvalue weighted by Gasteiger charge is 2.09. The molecule has 18 heavy (non-hydrogen) atoms. The van der Waals surface area contributed by atoms with Gasteiger partial charge in [0.1, 0.15) is 5.75 Å². The van der Waals surface area contributed by atoms with E-state index in [1.165, 1.54) is 30.3 Å². The molecule has 0 aliphatic carbocycles. The van der Waals surface area contributed by atoms with Crippen molar-refractivity contribution in [3.63, 3.8) is 0 Å². The van der Waals surface area contributed by atoms with Crippen LogP contribution in [0.3, 0.4) is 0 Å². The first kappa shape index (κ1) is 12.2. The largest absolute Gasteiger partial charge is 0.508 e. The lowest BCUT2D eigenvalue weighted by Gasteiger charge is -2.02. The highest BCUT2D eigenvalue weighted by Crippen LogP contribution is 2.14. The van der Waals surface area contributed by atoms with Crippen molar-refractivity contribution < 1.29 is 18.7 Å². The van der Waals surface area contributed by atoms with Gasteiger partial charge >= 0.3 is 0 Å². The van der Waals surface area contributed by atoms with Gasteiger partial charge in [0.25, 0.3) is 0 Å². The second-order valence-electron chi connectivity index (χ2n) is 3.90. The van der Waals surface area contributed by atoms with Crippen LogP contribution in [-0.2, 0) is 6.42 Å². The average Bonchev–Trinajstić information content (AvgIpc) is 2.34. The molecule has 0 aliphatic heterocycles. The van der Waals surface area contributed by atoms with Crippen LogP contribution in [0, 0.1) is 11.6 Å². The van der Waals surface area contributed by atoms with Crippen molar-refractivity contribution in [3.8, 4) is 5.75 Å². The maximum Gasteiger partial charge on any atom is 0.167 e. The Hall–Kier alpha value is -2.23. The van der Waals surface area contributed by atoms with E-state index >= 15 is 0 Å². The van der Waals surface area contributed by atoms with E-state index in [4.69, 9.17) is 5.11 Å². The average molecular weight is 248 g/mol. The molecule has 4 heteroatoms. The Morgan fingerprint density at radius 2 is 1.67 bits per heavy atom. The smallest absolute Gasteiger partial charge is 0.167 e. The van der Waals surface area contributed by atoms with Gasteiger partial charge in [-0.1, -0.05) is 6.07 Å². The zero-order valence-corrected chi connectivity index (χ0v) is 9.36. The Labute approximate surface area is 103 Å². The minimum absolute atomic E-state index is 0.0119. The summed E-state index contributed by atoms with van der Waals surface area (Å²) in [6.45, 7) is 0. The predicted molar refractivity (Wildman–Crippen MR) is 62.5 cm³/mol. The molecule has 0 spiro atoms. The van der Waals surface area contributed by atoms with Crippen LogP contribution < -0.4 is 0 Å². The van der Waals surface area contributed by atoms with Crippen LogP contribution in [0.1, 0.15) is 15.9 Å². The number of halogens is 2. The number of phenols is 1. The number of hydrogen-bond acceptors (Lipinski definition) is 2. The molecule has 0 unspecified atom stereocenters. The summed E-state index contributed by atoms with van der Waals surface area (Å²) < 4.78 is 25.7. The van der Waals surface area contributed by atoms with E-state index in [0.717, 1.165) is 12.1 Å². The molecule has 0 aromatic heterocycles. The third-order valence-electron chi connectivity index (χ3n) is 2.54. The van der Waals surface area contributed by atoms with Gasteiger partial charge in [-0.15, -0.1) is 0 Å². The normalized spacial score (nSPS) is 10.3. The molecule has 0 aliphatic rings. The van der Waals surface area contributed by atoms with E-state index in [-0.39, 0.29) is 18.0 Å². The van der Waals surface area contributed by atoms with E-state index in [1.807, 2.05) is 0 Å². The van der Waals surface area contributed by atoms with E-state index in [1.54, 1.807) is 0 Å². The van der Waals surface area contributed by atoms with Gasteiger partial charge in [0.05, 0.1) is 0 Å². The van der Waals surface area contributed by atoms with Gasteiger partial charge in [-0.25, -0.2) is 8.78 Å². The quantitative estimate of drug-likeness (QED) is 0.847. The number of rotatable bonds is 3. The zero-order valence-electron chi connectivity index (χ0n) is 9.36. The molecular formula is C14H10F2O2. The van der Waals surface area contributed by atoms with Gasteiger partial charge < -0.3 is 5.11 Å². The number of ketones is 1. The highest BCUT2D eigenvalue weighted by molar-refractivity contribution is 5.97. The summed E-state index contributed by atoms with van der Waals surface area (Å²) >= 11 is 0. The standard InChI is InChI=1S/C14H10F2O2/c15-12-6-1-9(7-13(12)16)8-14(18)10-2-4-11(17)5-3-10/h1-7,17H,8H2. The first-order valence-electron chi connectivity index (χ1n) is 5.32. The fourth-order valence-electron chi connectivity index (χ4n) is 1.58. The summed E-state index contributed by atoms with van der Waals surface area (Å²) in [5.74, 6) is -2.05. The predicted octanol–water partition coefficient (Wildman–Crippen LogP) is 3.10. The molecule has 2 rings (SSSR count). The van der Waals surface area contributed by atoms with Crippen molar-refractivity contribution in [3.05, 3.63) is 65.2 Å². The molecule has 0 heterocycles. The van der Waals surface area contributed by atoms with Gasteiger partial charge in [-0.05, 0) is 42.0 Å². The van der Waals surface area contributed by atoms with Crippen LogP contribution in [0.15, 0.2) is 42.5 Å². The van der Waals surface area contributed by atoms with Crippen LogP contribution in [-0.4, -0.2) is 10.9 Å². The Morgan fingerprint density at radius 3 is 2.28 bits per heavy atom. The Balaban J connectivity index is 2.16. The maximum absolute atomic E-state index is 13.0. The van der Waals surface area contributed by atoms with Gasteiger partial charge in [0, 0.05) is 12.0 Å². The monoisotopic (exact) mass is 248 g/mol. The van der Waals surface area contributed by atoms with Crippen LogP contribution in [0.5, 0.6) is 5.75 Å². The fourth-order valence-corrected chi connectivity index (χ4v) is 1.58. The van der Waals surface area contributed by atoms with E-state index in [2.05, 4.69) is 0 Å². The van der Waals surface area contributed by atoms with Crippen molar-refractivity contribution in [1.82, 2.24) is 0 Å². The molecule has 0 bridgehead atoms. The van der Waals surface area contributed by atoms with Crippen molar-refractivity contribution >= 4 is 5.78 Å². The van der Waals surface area contributed by atoms with Crippen LogP contribution >= 0.6 is 0 Å². The number of carbonyl (C=O) groups excluding carboxylic acids is 1. The first-order chi connectivity index (χ1) is 8.56. The second-order valence-corrected chi connectivity index (χ2v) is 3.90. The van der Waals surface area contributed by atoms with Gasteiger partial charge in [0.15, 0.2) is 17.4 Å². The minimum Gasteiger partial charge on any atom is -0.508 e. The number of hydrogen-bond donors (Lipinski definition) is 1. The number of carbonyl (C=O) groups is 1. The Morgan fingerprint density at radius 1 is 1.00 bits per heavy atom.